The van der Waals surface area contributed by atoms with Gasteiger partial charge in [-0.05, 0) is 20.8 Å². The summed E-state index contributed by atoms with van der Waals surface area (Å²) in [4.78, 5) is 0.360. The van der Waals surface area contributed by atoms with Gasteiger partial charge >= 0.3 is 0 Å². The van der Waals surface area contributed by atoms with Gasteiger partial charge in [0, 0.05) is 32.7 Å². The van der Waals surface area contributed by atoms with Gasteiger partial charge in [0.15, 0.2) is 0 Å². The molecule has 0 saturated carbocycles. The SMILES string of the molecule is Cc1nn(C)c(C)c1S(=O)(=O)N1CCN[C@@H](C)C1.Cl. The van der Waals surface area contributed by atoms with Crippen LogP contribution >= 0.6 is 12.4 Å². The van der Waals surface area contributed by atoms with Crippen LogP contribution in [-0.2, 0) is 17.1 Å². The molecule has 1 N–H and O–H groups in total. The minimum absolute atomic E-state index is 0. The maximum Gasteiger partial charge on any atom is 0.246 e. The molecule has 2 heterocycles. The van der Waals surface area contributed by atoms with Crippen molar-refractivity contribution in [3.05, 3.63) is 11.4 Å². The maximum absolute atomic E-state index is 12.6. The molecule has 1 fully saturated rings. The van der Waals surface area contributed by atoms with Crippen LogP contribution in [0.25, 0.3) is 0 Å². The van der Waals surface area contributed by atoms with Gasteiger partial charge in [0.1, 0.15) is 4.90 Å². The summed E-state index contributed by atoms with van der Waals surface area (Å²) in [6.07, 6.45) is 0. The zero-order valence-electron chi connectivity index (χ0n) is 11.7. The molecule has 0 amide bonds. The predicted molar refractivity (Wildman–Crippen MR) is 76.2 cm³/mol. The first kappa shape index (κ1) is 16.4. The molecule has 0 aliphatic carbocycles. The zero-order valence-corrected chi connectivity index (χ0v) is 13.3. The van der Waals surface area contributed by atoms with Gasteiger partial charge in [-0.15, -0.1) is 12.4 Å². The van der Waals surface area contributed by atoms with Crippen LogP contribution in [-0.4, -0.2) is 48.2 Å². The molecule has 2 rings (SSSR count). The Bertz CT molecular complexity index is 555. The van der Waals surface area contributed by atoms with E-state index in [0.29, 0.717) is 35.9 Å². The molecule has 8 heteroatoms. The number of hydrogen-bond donors (Lipinski definition) is 1. The zero-order chi connectivity index (χ0) is 13.5. The Morgan fingerprint density at radius 2 is 2.00 bits per heavy atom. The van der Waals surface area contributed by atoms with Gasteiger partial charge in [-0.2, -0.15) is 9.40 Å². The monoisotopic (exact) mass is 308 g/mol. The molecule has 1 saturated heterocycles. The van der Waals surface area contributed by atoms with Crippen LogP contribution in [0.4, 0.5) is 0 Å². The maximum atomic E-state index is 12.6. The summed E-state index contributed by atoms with van der Waals surface area (Å²) >= 11 is 0. The molecule has 0 spiro atoms. The Labute approximate surface area is 120 Å². The van der Waals surface area contributed by atoms with Crippen LogP contribution in [0.5, 0.6) is 0 Å². The molecule has 1 aromatic heterocycles. The summed E-state index contributed by atoms with van der Waals surface area (Å²) in [6, 6.07) is 0.186. The highest BCUT2D eigenvalue weighted by molar-refractivity contribution is 7.89. The first-order valence-corrected chi connectivity index (χ1v) is 7.51. The van der Waals surface area contributed by atoms with Crippen LogP contribution < -0.4 is 5.32 Å². The molecule has 1 atom stereocenters. The van der Waals surface area contributed by atoms with Gasteiger partial charge in [-0.3, -0.25) is 4.68 Å². The van der Waals surface area contributed by atoms with Crippen molar-refractivity contribution in [3.63, 3.8) is 0 Å². The molecule has 0 radical (unpaired) electrons. The first-order chi connectivity index (χ1) is 8.34. The lowest BCUT2D eigenvalue weighted by molar-refractivity contribution is 0.310. The fourth-order valence-corrected chi connectivity index (χ4v) is 4.30. The van der Waals surface area contributed by atoms with Crippen molar-refractivity contribution in [1.29, 1.82) is 0 Å². The van der Waals surface area contributed by atoms with Gasteiger partial charge in [0.2, 0.25) is 10.0 Å². The molecule has 1 aromatic rings. The number of aryl methyl sites for hydroxylation is 2. The van der Waals surface area contributed by atoms with Crippen LogP contribution in [0.15, 0.2) is 4.90 Å². The third-order valence-corrected chi connectivity index (χ3v) is 5.49. The Morgan fingerprint density at radius 3 is 2.47 bits per heavy atom. The molecule has 1 aliphatic rings. The summed E-state index contributed by atoms with van der Waals surface area (Å²) in [6.45, 7) is 7.24. The van der Waals surface area contributed by atoms with Crippen molar-refractivity contribution in [2.24, 2.45) is 7.05 Å². The second-order valence-corrected chi connectivity index (χ2v) is 6.72. The number of piperazine rings is 1. The second kappa shape index (κ2) is 5.78. The number of halogens is 1. The smallest absolute Gasteiger partial charge is 0.246 e. The van der Waals surface area contributed by atoms with Crippen LogP contribution in [0.2, 0.25) is 0 Å². The van der Waals surface area contributed by atoms with E-state index < -0.39 is 10.0 Å². The Morgan fingerprint density at radius 1 is 1.37 bits per heavy atom. The molecule has 0 bridgehead atoms. The molecule has 0 unspecified atom stereocenters. The fraction of sp³-hybridized carbons (Fsp3) is 0.727. The van der Waals surface area contributed by atoms with Gasteiger partial charge in [-0.1, -0.05) is 0 Å². The summed E-state index contributed by atoms with van der Waals surface area (Å²) in [5, 5.41) is 7.43. The van der Waals surface area contributed by atoms with Crippen LogP contribution in [0.1, 0.15) is 18.3 Å². The van der Waals surface area contributed by atoms with Crippen LogP contribution in [0.3, 0.4) is 0 Å². The van der Waals surface area contributed by atoms with Crippen molar-refractivity contribution in [2.45, 2.75) is 31.7 Å². The largest absolute Gasteiger partial charge is 0.312 e. The van der Waals surface area contributed by atoms with Crippen molar-refractivity contribution >= 4 is 22.4 Å². The average molecular weight is 309 g/mol. The molecular weight excluding hydrogens is 288 g/mol. The predicted octanol–water partition coefficient (Wildman–Crippen LogP) is 0.441. The summed E-state index contributed by atoms with van der Waals surface area (Å²) in [5.74, 6) is 0. The lowest BCUT2D eigenvalue weighted by atomic mass is 10.3. The molecule has 1 aliphatic heterocycles. The van der Waals surface area contributed by atoms with Crippen molar-refractivity contribution in [3.8, 4) is 0 Å². The number of nitrogens with one attached hydrogen (secondary N) is 1. The molecular formula is C11H21ClN4O2S. The number of rotatable bonds is 2. The van der Waals surface area contributed by atoms with E-state index >= 15 is 0 Å². The highest BCUT2D eigenvalue weighted by atomic mass is 35.5. The first-order valence-electron chi connectivity index (χ1n) is 6.07. The number of hydrogen-bond acceptors (Lipinski definition) is 4. The number of nitrogens with zero attached hydrogens (tertiary/aromatic N) is 3. The van der Waals surface area contributed by atoms with Crippen LogP contribution in [0, 0.1) is 13.8 Å². The fourth-order valence-electron chi connectivity index (χ4n) is 2.37. The summed E-state index contributed by atoms with van der Waals surface area (Å²) in [7, 11) is -1.66. The topological polar surface area (TPSA) is 67.2 Å². The second-order valence-electron chi connectivity index (χ2n) is 4.84. The lowest BCUT2D eigenvalue weighted by Gasteiger charge is -2.31. The van der Waals surface area contributed by atoms with Gasteiger partial charge < -0.3 is 5.32 Å². The lowest BCUT2D eigenvalue weighted by Crippen LogP contribution is -2.51. The molecule has 6 nitrogen and oxygen atoms in total. The third kappa shape index (κ3) is 2.94. The Kier molecular flexibility index (Phi) is 5.00. The van der Waals surface area contributed by atoms with Crippen molar-refractivity contribution in [1.82, 2.24) is 19.4 Å². The van der Waals surface area contributed by atoms with E-state index in [1.165, 1.54) is 0 Å². The van der Waals surface area contributed by atoms with E-state index in [4.69, 9.17) is 0 Å². The average Bonchev–Trinajstić information content (AvgIpc) is 2.53. The van der Waals surface area contributed by atoms with Gasteiger partial charge in [0.25, 0.3) is 0 Å². The quantitative estimate of drug-likeness (QED) is 0.861. The van der Waals surface area contributed by atoms with E-state index in [2.05, 4.69) is 10.4 Å². The highest BCUT2D eigenvalue weighted by Crippen LogP contribution is 2.23. The van der Waals surface area contributed by atoms with Gasteiger partial charge in [0.05, 0.1) is 11.4 Å². The minimum Gasteiger partial charge on any atom is -0.312 e. The van der Waals surface area contributed by atoms with E-state index in [1.807, 2.05) is 6.92 Å². The molecule has 0 aromatic carbocycles. The Hall–Kier alpha value is -0.630. The number of aromatic nitrogens is 2. The summed E-state index contributed by atoms with van der Waals surface area (Å²) < 4.78 is 28.4. The summed E-state index contributed by atoms with van der Waals surface area (Å²) in [5.41, 5.74) is 1.26. The Balaban J connectivity index is 0.00000180. The van der Waals surface area contributed by atoms with Crippen molar-refractivity contribution < 1.29 is 8.42 Å². The normalized spacial score (nSPS) is 21.2. The van der Waals surface area contributed by atoms with E-state index in [0.717, 1.165) is 0 Å². The third-order valence-electron chi connectivity index (χ3n) is 3.37. The number of sulfonamides is 1. The highest BCUT2D eigenvalue weighted by Gasteiger charge is 2.32. The molecule has 19 heavy (non-hydrogen) atoms. The van der Waals surface area contributed by atoms with Crippen molar-refractivity contribution in [2.75, 3.05) is 19.6 Å². The van der Waals surface area contributed by atoms with E-state index in [-0.39, 0.29) is 18.4 Å². The minimum atomic E-state index is -3.43. The van der Waals surface area contributed by atoms with E-state index in [9.17, 15) is 8.42 Å². The van der Waals surface area contributed by atoms with Gasteiger partial charge in [-0.25, -0.2) is 8.42 Å². The standard InChI is InChI=1S/C11H20N4O2S.ClH/c1-8-7-15(6-5-12-8)18(16,17)11-9(2)13-14(4)10(11)3;/h8,12H,5-7H2,1-4H3;1H/t8-;/m0./s1. The van der Waals surface area contributed by atoms with E-state index in [1.54, 1.807) is 29.9 Å². The molecule has 110 valence electrons.